The summed E-state index contributed by atoms with van der Waals surface area (Å²) in [5.41, 5.74) is 8.16. The van der Waals surface area contributed by atoms with Gasteiger partial charge in [-0.15, -0.1) is 0 Å². The first kappa shape index (κ1) is 15.3. The minimum atomic E-state index is -0.0397. The SMILES string of the molecule is C=Cc1ncn(CCNC(=O)C2CCCN2)c1/C=C(\C)N. The molecule has 4 N–H and O–H groups in total. The fourth-order valence-corrected chi connectivity index (χ4v) is 2.45. The highest BCUT2D eigenvalue weighted by Gasteiger charge is 2.21. The second-order valence-corrected chi connectivity index (χ2v) is 5.24. The summed E-state index contributed by atoms with van der Waals surface area (Å²) < 4.78 is 1.97. The van der Waals surface area contributed by atoms with Gasteiger partial charge in [-0.2, -0.15) is 0 Å². The predicted octanol–water partition coefficient (Wildman–Crippen LogP) is 0.714. The molecule has 1 aliphatic heterocycles. The van der Waals surface area contributed by atoms with Crippen LogP contribution in [0.2, 0.25) is 0 Å². The summed E-state index contributed by atoms with van der Waals surface area (Å²) in [5, 5.41) is 6.14. The van der Waals surface area contributed by atoms with Crippen LogP contribution in [0.3, 0.4) is 0 Å². The molecule has 1 unspecified atom stereocenters. The lowest BCUT2D eigenvalue weighted by atomic mass is 10.2. The van der Waals surface area contributed by atoms with E-state index in [0.717, 1.165) is 30.8 Å². The Balaban J connectivity index is 1.93. The largest absolute Gasteiger partial charge is 0.402 e. The summed E-state index contributed by atoms with van der Waals surface area (Å²) in [4.78, 5) is 16.2. The van der Waals surface area contributed by atoms with E-state index in [0.29, 0.717) is 18.8 Å². The number of hydrogen-bond acceptors (Lipinski definition) is 4. The van der Waals surface area contributed by atoms with Crippen LogP contribution in [0, 0.1) is 0 Å². The number of carbonyl (C=O) groups excluding carboxylic acids is 1. The van der Waals surface area contributed by atoms with Crippen LogP contribution in [0.1, 0.15) is 31.2 Å². The Hall–Kier alpha value is -2.08. The first-order valence-corrected chi connectivity index (χ1v) is 7.24. The monoisotopic (exact) mass is 289 g/mol. The molecular weight excluding hydrogens is 266 g/mol. The molecule has 0 aromatic carbocycles. The van der Waals surface area contributed by atoms with Crippen molar-refractivity contribution in [2.45, 2.75) is 32.4 Å². The molecule has 6 nitrogen and oxygen atoms in total. The number of hydrogen-bond donors (Lipinski definition) is 3. The Morgan fingerprint density at radius 2 is 2.52 bits per heavy atom. The number of nitrogens with one attached hydrogen (secondary N) is 2. The van der Waals surface area contributed by atoms with Gasteiger partial charge in [0.05, 0.1) is 23.8 Å². The summed E-state index contributed by atoms with van der Waals surface area (Å²) in [6, 6.07) is -0.0397. The molecule has 2 heterocycles. The zero-order valence-corrected chi connectivity index (χ0v) is 12.4. The number of aromatic nitrogens is 2. The Bertz CT molecular complexity index is 536. The minimum Gasteiger partial charge on any atom is -0.402 e. The molecule has 0 spiro atoms. The Morgan fingerprint density at radius 1 is 1.71 bits per heavy atom. The van der Waals surface area contributed by atoms with Crippen LogP contribution >= 0.6 is 0 Å². The van der Waals surface area contributed by atoms with Crippen molar-refractivity contribution >= 4 is 18.1 Å². The van der Waals surface area contributed by atoms with E-state index in [4.69, 9.17) is 5.73 Å². The Morgan fingerprint density at radius 3 is 3.14 bits per heavy atom. The van der Waals surface area contributed by atoms with Crippen molar-refractivity contribution in [2.75, 3.05) is 13.1 Å². The maximum atomic E-state index is 11.9. The van der Waals surface area contributed by atoms with Crippen molar-refractivity contribution in [1.82, 2.24) is 20.2 Å². The molecule has 1 aliphatic rings. The number of imidazole rings is 1. The van der Waals surface area contributed by atoms with Crippen LogP contribution in [-0.2, 0) is 11.3 Å². The number of nitrogens with zero attached hydrogens (tertiary/aromatic N) is 2. The van der Waals surface area contributed by atoms with E-state index in [1.54, 1.807) is 12.4 Å². The number of amides is 1. The normalized spacial score (nSPS) is 18.7. The van der Waals surface area contributed by atoms with E-state index in [1.807, 2.05) is 17.6 Å². The van der Waals surface area contributed by atoms with Gasteiger partial charge in [0.15, 0.2) is 0 Å². The molecular formula is C15H23N5O. The first-order chi connectivity index (χ1) is 10.1. The van der Waals surface area contributed by atoms with Crippen LogP contribution in [-0.4, -0.2) is 34.6 Å². The van der Waals surface area contributed by atoms with E-state index in [-0.39, 0.29) is 11.9 Å². The third-order valence-electron chi connectivity index (χ3n) is 3.49. The second kappa shape index (κ2) is 7.08. The third kappa shape index (κ3) is 3.95. The Kier molecular flexibility index (Phi) is 5.16. The van der Waals surface area contributed by atoms with E-state index >= 15 is 0 Å². The maximum absolute atomic E-state index is 11.9. The van der Waals surface area contributed by atoms with Crippen LogP contribution in [0.15, 0.2) is 18.6 Å². The van der Waals surface area contributed by atoms with Gasteiger partial charge in [0.25, 0.3) is 0 Å². The highest BCUT2D eigenvalue weighted by molar-refractivity contribution is 5.81. The topological polar surface area (TPSA) is 85.0 Å². The van der Waals surface area contributed by atoms with Crippen LogP contribution in [0.25, 0.3) is 12.2 Å². The average molecular weight is 289 g/mol. The van der Waals surface area contributed by atoms with Gasteiger partial charge in [0.1, 0.15) is 0 Å². The highest BCUT2D eigenvalue weighted by Crippen LogP contribution is 2.12. The number of carbonyl (C=O) groups is 1. The predicted molar refractivity (Wildman–Crippen MR) is 84.2 cm³/mol. The fourth-order valence-electron chi connectivity index (χ4n) is 2.45. The number of rotatable bonds is 6. The van der Waals surface area contributed by atoms with Gasteiger partial charge in [-0.05, 0) is 38.5 Å². The lowest BCUT2D eigenvalue weighted by Gasteiger charge is -2.12. The molecule has 1 aromatic heterocycles. The molecule has 6 heteroatoms. The lowest BCUT2D eigenvalue weighted by Crippen LogP contribution is -2.41. The molecule has 21 heavy (non-hydrogen) atoms. The summed E-state index contributed by atoms with van der Waals surface area (Å²) in [7, 11) is 0. The van der Waals surface area contributed by atoms with Crippen molar-refractivity contribution in [3.63, 3.8) is 0 Å². The molecule has 0 radical (unpaired) electrons. The first-order valence-electron chi connectivity index (χ1n) is 7.24. The summed E-state index contributed by atoms with van der Waals surface area (Å²) in [5.74, 6) is 0.0728. The zero-order valence-electron chi connectivity index (χ0n) is 12.4. The van der Waals surface area contributed by atoms with Crippen molar-refractivity contribution < 1.29 is 4.79 Å². The van der Waals surface area contributed by atoms with Gasteiger partial charge >= 0.3 is 0 Å². The Labute approximate surface area is 125 Å². The number of allylic oxidation sites excluding steroid dienone is 1. The lowest BCUT2D eigenvalue weighted by molar-refractivity contribution is -0.122. The van der Waals surface area contributed by atoms with Gasteiger partial charge in [-0.25, -0.2) is 4.98 Å². The molecule has 0 saturated carbocycles. The van der Waals surface area contributed by atoms with Crippen LogP contribution in [0.5, 0.6) is 0 Å². The molecule has 0 aliphatic carbocycles. The molecule has 1 amide bonds. The van der Waals surface area contributed by atoms with E-state index in [9.17, 15) is 4.79 Å². The summed E-state index contributed by atoms with van der Waals surface area (Å²) >= 11 is 0. The van der Waals surface area contributed by atoms with Crippen molar-refractivity contribution in [1.29, 1.82) is 0 Å². The smallest absolute Gasteiger partial charge is 0.237 e. The standard InChI is InChI=1S/C15H23N5O/c1-3-12-14(9-11(2)16)20(10-19-12)8-7-18-15(21)13-5-4-6-17-13/h3,9-10,13,17H,1,4-8,16H2,2H3,(H,18,21)/b11-9+. The molecule has 114 valence electrons. The highest BCUT2D eigenvalue weighted by atomic mass is 16.2. The zero-order chi connectivity index (χ0) is 15.2. The van der Waals surface area contributed by atoms with Crippen LogP contribution < -0.4 is 16.4 Å². The molecule has 2 rings (SSSR count). The van der Waals surface area contributed by atoms with Gasteiger partial charge in [-0.1, -0.05) is 6.58 Å². The second-order valence-electron chi connectivity index (χ2n) is 5.24. The maximum Gasteiger partial charge on any atom is 0.237 e. The van der Waals surface area contributed by atoms with E-state index in [1.165, 1.54) is 0 Å². The number of nitrogens with two attached hydrogens (primary N) is 1. The van der Waals surface area contributed by atoms with Gasteiger partial charge in [0.2, 0.25) is 5.91 Å². The summed E-state index contributed by atoms with van der Waals surface area (Å²) in [6.07, 6.45) is 7.29. The summed E-state index contributed by atoms with van der Waals surface area (Å²) in [6.45, 7) is 7.72. The van der Waals surface area contributed by atoms with Gasteiger partial charge in [-0.3, -0.25) is 4.79 Å². The van der Waals surface area contributed by atoms with Gasteiger partial charge < -0.3 is 20.9 Å². The van der Waals surface area contributed by atoms with Crippen molar-refractivity contribution in [2.24, 2.45) is 5.73 Å². The van der Waals surface area contributed by atoms with E-state index < -0.39 is 0 Å². The molecule has 1 atom stereocenters. The van der Waals surface area contributed by atoms with Crippen molar-refractivity contribution in [3.8, 4) is 0 Å². The molecule has 1 fully saturated rings. The molecule has 1 aromatic rings. The fraction of sp³-hybridized carbons (Fsp3) is 0.467. The quantitative estimate of drug-likeness (QED) is 0.720. The van der Waals surface area contributed by atoms with E-state index in [2.05, 4.69) is 22.2 Å². The van der Waals surface area contributed by atoms with Crippen molar-refractivity contribution in [3.05, 3.63) is 30.0 Å². The third-order valence-corrected chi connectivity index (χ3v) is 3.49. The van der Waals surface area contributed by atoms with Crippen LogP contribution in [0.4, 0.5) is 0 Å². The minimum absolute atomic E-state index is 0.0397. The molecule has 0 bridgehead atoms. The average Bonchev–Trinajstić information content (AvgIpc) is 3.08. The molecule has 1 saturated heterocycles. The van der Waals surface area contributed by atoms with Gasteiger partial charge in [0, 0.05) is 18.8 Å².